The number of nitrogen functional groups attached to an aromatic ring is 1. The highest BCUT2D eigenvalue weighted by molar-refractivity contribution is 5.68. The maximum atomic E-state index is 13.7. The van der Waals surface area contributed by atoms with Crippen molar-refractivity contribution < 1.29 is 13.2 Å². The van der Waals surface area contributed by atoms with Crippen molar-refractivity contribution in [2.45, 2.75) is 6.43 Å². The van der Waals surface area contributed by atoms with Crippen LogP contribution in [0.5, 0.6) is 0 Å². The Hall–Kier alpha value is -2.17. The number of halogens is 3. The summed E-state index contributed by atoms with van der Waals surface area (Å²) in [6.45, 7) is 0. The van der Waals surface area contributed by atoms with Crippen molar-refractivity contribution in [2.24, 2.45) is 0 Å². The van der Waals surface area contributed by atoms with E-state index in [2.05, 4.69) is 0 Å². The molecule has 0 amide bonds. The van der Waals surface area contributed by atoms with Gasteiger partial charge >= 0.3 is 0 Å². The maximum Gasteiger partial charge on any atom is 0.265 e. The lowest BCUT2D eigenvalue weighted by molar-refractivity contribution is 0.152. The second-order valence-electron chi connectivity index (χ2n) is 4.13. The van der Waals surface area contributed by atoms with Crippen LogP contribution in [0.3, 0.4) is 0 Å². The summed E-state index contributed by atoms with van der Waals surface area (Å²) in [4.78, 5) is 1.39. The van der Waals surface area contributed by atoms with Crippen molar-refractivity contribution in [3.05, 3.63) is 53.8 Å². The Balaban J connectivity index is 2.50. The minimum Gasteiger partial charge on any atom is -0.399 e. The summed E-state index contributed by atoms with van der Waals surface area (Å²) < 4.78 is 39.7. The standard InChI is InChI=1S/C14H13F3N2/c1-19(13-5-3-2-4-11(13)15)12-7-6-9(18)8-10(12)14(16)17/h2-8,14H,18H2,1H3. The van der Waals surface area contributed by atoms with Gasteiger partial charge in [-0.2, -0.15) is 0 Å². The quantitative estimate of drug-likeness (QED) is 0.847. The van der Waals surface area contributed by atoms with Crippen LogP contribution in [0, 0.1) is 5.82 Å². The Kier molecular flexibility index (Phi) is 3.64. The second kappa shape index (κ2) is 5.22. The van der Waals surface area contributed by atoms with Gasteiger partial charge in [-0.1, -0.05) is 12.1 Å². The van der Waals surface area contributed by atoms with Crippen LogP contribution in [0.1, 0.15) is 12.0 Å². The Bertz CT molecular complexity index is 585. The zero-order chi connectivity index (χ0) is 14.0. The predicted octanol–water partition coefficient (Wildman–Crippen LogP) is 4.11. The first kappa shape index (κ1) is 13.3. The lowest BCUT2D eigenvalue weighted by Crippen LogP contribution is -2.13. The molecule has 0 aromatic heterocycles. The lowest BCUT2D eigenvalue weighted by atomic mass is 10.1. The maximum absolute atomic E-state index is 13.7. The molecule has 0 unspecified atom stereocenters. The van der Waals surface area contributed by atoms with Gasteiger partial charge in [-0.3, -0.25) is 0 Å². The monoisotopic (exact) mass is 266 g/mol. The third kappa shape index (κ3) is 2.65. The van der Waals surface area contributed by atoms with Gasteiger partial charge in [0.25, 0.3) is 6.43 Å². The summed E-state index contributed by atoms with van der Waals surface area (Å²) in [5, 5.41) is 0. The zero-order valence-electron chi connectivity index (χ0n) is 10.3. The normalized spacial score (nSPS) is 10.8. The van der Waals surface area contributed by atoms with Crippen LogP contribution in [0.2, 0.25) is 0 Å². The molecular formula is C14H13F3N2. The summed E-state index contributed by atoms with van der Waals surface area (Å²) in [5.74, 6) is -0.470. The molecule has 0 spiro atoms. The molecule has 2 nitrogen and oxygen atoms in total. The van der Waals surface area contributed by atoms with E-state index in [1.807, 2.05) is 0 Å². The molecule has 100 valence electrons. The van der Waals surface area contributed by atoms with Crippen molar-refractivity contribution in [3.63, 3.8) is 0 Å². The van der Waals surface area contributed by atoms with Gasteiger partial charge in [-0.25, -0.2) is 13.2 Å². The molecule has 19 heavy (non-hydrogen) atoms. The van der Waals surface area contributed by atoms with Crippen LogP contribution in [-0.2, 0) is 0 Å². The first-order valence-corrected chi connectivity index (χ1v) is 5.66. The van der Waals surface area contributed by atoms with Crippen LogP contribution in [-0.4, -0.2) is 7.05 Å². The highest BCUT2D eigenvalue weighted by Crippen LogP contribution is 2.35. The van der Waals surface area contributed by atoms with Gasteiger partial charge in [0.15, 0.2) is 0 Å². The molecule has 2 aromatic carbocycles. The van der Waals surface area contributed by atoms with Crippen LogP contribution in [0.25, 0.3) is 0 Å². The average molecular weight is 266 g/mol. The number of para-hydroxylation sites is 1. The Morgan fingerprint density at radius 1 is 1.05 bits per heavy atom. The van der Waals surface area contributed by atoms with E-state index in [0.29, 0.717) is 0 Å². The predicted molar refractivity (Wildman–Crippen MR) is 70.3 cm³/mol. The van der Waals surface area contributed by atoms with Gasteiger partial charge in [0.05, 0.1) is 5.69 Å². The van der Waals surface area contributed by atoms with E-state index < -0.39 is 12.2 Å². The smallest absolute Gasteiger partial charge is 0.265 e. The number of rotatable bonds is 3. The first-order valence-electron chi connectivity index (χ1n) is 5.66. The number of hydrogen-bond acceptors (Lipinski definition) is 2. The molecule has 2 aromatic rings. The van der Waals surface area contributed by atoms with Gasteiger partial charge < -0.3 is 10.6 Å². The highest BCUT2D eigenvalue weighted by Gasteiger charge is 2.18. The summed E-state index contributed by atoms with van der Waals surface area (Å²) in [7, 11) is 1.54. The van der Waals surface area contributed by atoms with Gasteiger partial charge in [0.2, 0.25) is 0 Å². The molecule has 0 radical (unpaired) electrons. The van der Waals surface area contributed by atoms with Crippen LogP contribution in [0.15, 0.2) is 42.5 Å². The highest BCUT2D eigenvalue weighted by atomic mass is 19.3. The van der Waals surface area contributed by atoms with E-state index in [9.17, 15) is 13.2 Å². The number of alkyl halides is 2. The van der Waals surface area contributed by atoms with Gasteiger partial charge in [-0.05, 0) is 30.3 Å². The molecule has 0 aliphatic carbocycles. The molecule has 0 atom stereocenters. The van der Waals surface area contributed by atoms with Crippen LogP contribution < -0.4 is 10.6 Å². The van der Waals surface area contributed by atoms with E-state index in [1.165, 1.54) is 42.3 Å². The van der Waals surface area contributed by atoms with Crippen LogP contribution >= 0.6 is 0 Å². The van der Waals surface area contributed by atoms with Gasteiger partial charge in [0, 0.05) is 24.0 Å². The molecule has 2 N–H and O–H groups in total. The Morgan fingerprint density at radius 3 is 2.37 bits per heavy atom. The molecule has 0 aliphatic heterocycles. The second-order valence-corrected chi connectivity index (χ2v) is 4.13. The summed E-state index contributed by atoms with van der Waals surface area (Å²) in [6, 6.07) is 10.2. The van der Waals surface area contributed by atoms with Crippen LogP contribution in [0.4, 0.5) is 30.2 Å². The van der Waals surface area contributed by atoms with E-state index in [4.69, 9.17) is 5.73 Å². The van der Waals surface area contributed by atoms with Crippen molar-refractivity contribution >= 4 is 17.1 Å². The van der Waals surface area contributed by atoms with Crippen molar-refractivity contribution in [1.82, 2.24) is 0 Å². The topological polar surface area (TPSA) is 29.3 Å². The number of benzene rings is 2. The van der Waals surface area contributed by atoms with E-state index in [0.717, 1.165) is 0 Å². The summed E-state index contributed by atoms with van der Waals surface area (Å²) in [6.07, 6.45) is -2.67. The van der Waals surface area contributed by atoms with Gasteiger partial charge in [-0.15, -0.1) is 0 Å². The molecule has 0 bridgehead atoms. The average Bonchev–Trinajstić information content (AvgIpc) is 2.38. The van der Waals surface area contributed by atoms with Gasteiger partial charge in [0.1, 0.15) is 5.82 Å². The zero-order valence-corrected chi connectivity index (χ0v) is 10.3. The first-order chi connectivity index (χ1) is 9.00. The fraction of sp³-hybridized carbons (Fsp3) is 0.143. The van der Waals surface area contributed by atoms with E-state index >= 15 is 0 Å². The molecule has 0 fully saturated rings. The SMILES string of the molecule is CN(c1ccccc1F)c1ccc(N)cc1C(F)F. The van der Waals surface area contributed by atoms with Crippen molar-refractivity contribution in [3.8, 4) is 0 Å². The minimum atomic E-state index is -2.67. The summed E-state index contributed by atoms with van der Waals surface area (Å²) in [5.41, 5.74) is 6.00. The molecule has 0 heterocycles. The third-order valence-corrected chi connectivity index (χ3v) is 2.86. The summed E-state index contributed by atoms with van der Waals surface area (Å²) >= 11 is 0. The number of anilines is 3. The molecule has 0 aliphatic rings. The molecule has 5 heteroatoms. The molecule has 2 rings (SSSR count). The van der Waals surface area contributed by atoms with E-state index in [1.54, 1.807) is 12.1 Å². The Morgan fingerprint density at radius 2 is 1.74 bits per heavy atom. The largest absolute Gasteiger partial charge is 0.399 e. The fourth-order valence-corrected chi connectivity index (χ4v) is 1.91. The van der Waals surface area contributed by atoms with E-state index in [-0.39, 0.29) is 22.6 Å². The number of nitrogens with two attached hydrogens (primary N) is 1. The minimum absolute atomic E-state index is 0.217. The van der Waals surface area contributed by atoms with Crippen molar-refractivity contribution in [2.75, 3.05) is 17.7 Å². The Labute approximate surface area is 109 Å². The number of nitrogens with zero attached hydrogens (tertiary/aromatic N) is 1. The molecule has 0 saturated heterocycles. The fourth-order valence-electron chi connectivity index (χ4n) is 1.91. The lowest BCUT2D eigenvalue weighted by Gasteiger charge is -2.23. The molecular weight excluding hydrogens is 253 g/mol. The third-order valence-electron chi connectivity index (χ3n) is 2.86. The number of hydrogen-bond donors (Lipinski definition) is 1. The van der Waals surface area contributed by atoms with Crippen molar-refractivity contribution in [1.29, 1.82) is 0 Å². The molecule has 0 saturated carbocycles.